The van der Waals surface area contributed by atoms with E-state index in [4.69, 9.17) is 10.5 Å². The van der Waals surface area contributed by atoms with Gasteiger partial charge in [-0.05, 0) is 25.9 Å². The van der Waals surface area contributed by atoms with Crippen molar-refractivity contribution in [2.24, 2.45) is 16.6 Å². The van der Waals surface area contributed by atoms with Crippen LogP contribution >= 0.6 is 24.0 Å². The zero-order valence-corrected chi connectivity index (χ0v) is 19.2. The second-order valence-electron chi connectivity index (χ2n) is 7.61. The largest absolute Gasteiger partial charge is 0.379 e. The standard InChI is InChI=1S/C18H38N6O.HI/c1-16(2)17(24-9-7-22(3)8-10-24)15-21-18(19)20-5-4-6-23-11-13-25-14-12-23;/h16-17H,4-15H2,1-3H3,(H3,19,20,21);1H. The van der Waals surface area contributed by atoms with Crippen LogP contribution < -0.4 is 11.1 Å². The smallest absolute Gasteiger partial charge is 0.188 e. The van der Waals surface area contributed by atoms with E-state index in [1.165, 1.54) is 0 Å². The predicted octanol–water partition coefficient (Wildman–Crippen LogP) is 0.503. The van der Waals surface area contributed by atoms with E-state index in [1.807, 2.05) is 0 Å². The molecule has 2 fully saturated rings. The molecule has 0 saturated carbocycles. The third-order valence-corrected chi connectivity index (χ3v) is 5.29. The van der Waals surface area contributed by atoms with Crippen LogP contribution in [0.4, 0.5) is 0 Å². The summed E-state index contributed by atoms with van der Waals surface area (Å²) in [6.07, 6.45) is 1.09. The molecule has 0 aliphatic carbocycles. The average molecular weight is 482 g/mol. The number of ether oxygens (including phenoxy) is 1. The highest BCUT2D eigenvalue weighted by Gasteiger charge is 2.24. The summed E-state index contributed by atoms with van der Waals surface area (Å²) < 4.78 is 5.37. The minimum atomic E-state index is 0. The molecular formula is C18H39IN6O. The fourth-order valence-corrected chi connectivity index (χ4v) is 3.49. The van der Waals surface area contributed by atoms with Gasteiger partial charge >= 0.3 is 0 Å². The van der Waals surface area contributed by atoms with Gasteiger partial charge < -0.3 is 20.7 Å². The van der Waals surface area contributed by atoms with Crippen molar-refractivity contribution >= 4 is 29.9 Å². The summed E-state index contributed by atoms with van der Waals surface area (Å²) >= 11 is 0. The number of aliphatic imine (C=N–C) groups is 1. The van der Waals surface area contributed by atoms with Gasteiger partial charge in [-0.3, -0.25) is 14.8 Å². The SMILES string of the molecule is CC(C)C(CN=C(N)NCCCN1CCOCC1)N1CCN(C)CC1.I. The summed E-state index contributed by atoms with van der Waals surface area (Å²) in [6, 6.07) is 0.474. The van der Waals surface area contributed by atoms with Gasteiger partial charge in [-0.15, -0.1) is 24.0 Å². The number of halogens is 1. The molecule has 26 heavy (non-hydrogen) atoms. The van der Waals surface area contributed by atoms with Crippen molar-refractivity contribution in [1.29, 1.82) is 0 Å². The number of nitrogens with one attached hydrogen (secondary N) is 1. The Hall–Kier alpha value is -0.160. The van der Waals surface area contributed by atoms with E-state index in [9.17, 15) is 0 Å². The number of nitrogens with zero attached hydrogens (tertiary/aromatic N) is 4. The van der Waals surface area contributed by atoms with Crippen molar-refractivity contribution < 1.29 is 4.74 Å². The monoisotopic (exact) mass is 482 g/mol. The molecule has 0 aromatic carbocycles. The molecule has 0 aromatic rings. The number of hydrogen-bond acceptors (Lipinski definition) is 5. The van der Waals surface area contributed by atoms with Gasteiger partial charge in [-0.1, -0.05) is 13.8 Å². The molecule has 2 rings (SSSR count). The first-order chi connectivity index (χ1) is 12.1. The molecular weight excluding hydrogens is 443 g/mol. The first kappa shape index (κ1) is 23.9. The number of rotatable bonds is 8. The summed E-state index contributed by atoms with van der Waals surface area (Å²) in [5, 5.41) is 3.27. The highest BCUT2D eigenvalue weighted by molar-refractivity contribution is 14.0. The predicted molar refractivity (Wildman–Crippen MR) is 119 cm³/mol. The van der Waals surface area contributed by atoms with Gasteiger partial charge in [-0.25, -0.2) is 0 Å². The molecule has 0 aromatic heterocycles. The van der Waals surface area contributed by atoms with Crippen LogP contribution in [0.25, 0.3) is 0 Å². The van der Waals surface area contributed by atoms with E-state index in [0.717, 1.165) is 78.5 Å². The molecule has 0 bridgehead atoms. The maximum atomic E-state index is 6.07. The summed E-state index contributed by atoms with van der Waals surface area (Å²) in [7, 11) is 2.19. The normalized spacial score (nSPS) is 22.2. The second kappa shape index (κ2) is 13.1. The van der Waals surface area contributed by atoms with Crippen LogP contribution in [0.1, 0.15) is 20.3 Å². The van der Waals surface area contributed by atoms with Crippen LogP contribution in [0.15, 0.2) is 4.99 Å². The Kier molecular flexibility index (Phi) is 12.0. The molecule has 1 unspecified atom stereocenters. The molecule has 0 spiro atoms. The summed E-state index contributed by atoms with van der Waals surface area (Å²) in [5.41, 5.74) is 6.07. The molecule has 2 heterocycles. The molecule has 2 saturated heterocycles. The lowest BCUT2D eigenvalue weighted by Gasteiger charge is -2.39. The van der Waals surface area contributed by atoms with E-state index in [0.29, 0.717) is 17.9 Å². The summed E-state index contributed by atoms with van der Waals surface area (Å²) in [6.45, 7) is 15.7. The van der Waals surface area contributed by atoms with Crippen molar-refractivity contribution in [3.8, 4) is 0 Å². The number of morpholine rings is 1. The van der Waals surface area contributed by atoms with Gasteiger partial charge in [-0.2, -0.15) is 0 Å². The van der Waals surface area contributed by atoms with E-state index in [2.05, 4.69) is 45.9 Å². The first-order valence-corrected chi connectivity index (χ1v) is 9.82. The lowest BCUT2D eigenvalue weighted by atomic mass is 10.0. The van der Waals surface area contributed by atoms with Crippen LogP contribution in [-0.4, -0.2) is 106 Å². The first-order valence-electron chi connectivity index (χ1n) is 9.82. The maximum absolute atomic E-state index is 6.07. The number of likely N-dealkylation sites (N-methyl/N-ethyl adjacent to an activating group) is 1. The molecule has 1 atom stereocenters. The van der Waals surface area contributed by atoms with Crippen LogP contribution in [-0.2, 0) is 4.74 Å². The maximum Gasteiger partial charge on any atom is 0.188 e. The fourth-order valence-electron chi connectivity index (χ4n) is 3.49. The van der Waals surface area contributed by atoms with Crippen LogP contribution in [0.3, 0.4) is 0 Å². The Morgan fingerprint density at radius 1 is 1.12 bits per heavy atom. The Labute approximate surface area is 176 Å². The van der Waals surface area contributed by atoms with Crippen molar-refractivity contribution in [2.45, 2.75) is 26.3 Å². The molecule has 7 nitrogen and oxygen atoms in total. The minimum absolute atomic E-state index is 0. The van der Waals surface area contributed by atoms with E-state index >= 15 is 0 Å². The fraction of sp³-hybridized carbons (Fsp3) is 0.944. The summed E-state index contributed by atoms with van der Waals surface area (Å²) in [4.78, 5) is 12.0. The van der Waals surface area contributed by atoms with Gasteiger partial charge in [0.05, 0.1) is 19.8 Å². The van der Waals surface area contributed by atoms with Crippen LogP contribution in [0.5, 0.6) is 0 Å². The molecule has 0 amide bonds. The molecule has 8 heteroatoms. The highest BCUT2D eigenvalue weighted by atomic mass is 127. The number of guanidine groups is 1. The van der Waals surface area contributed by atoms with Gasteiger partial charge in [0.2, 0.25) is 0 Å². The molecule has 154 valence electrons. The Balaban J connectivity index is 0.00000338. The molecule has 3 N–H and O–H groups in total. The van der Waals surface area contributed by atoms with Crippen molar-refractivity contribution in [3.05, 3.63) is 0 Å². The topological polar surface area (TPSA) is 69.4 Å². The third kappa shape index (κ3) is 8.69. The average Bonchev–Trinajstić information content (AvgIpc) is 2.61. The third-order valence-electron chi connectivity index (χ3n) is 5.29. The Morgan fingerprint density at radius 2 is 1.77 bits per heavy atom. The van der Waals surface area contributed by atoms with Gasteiger partial charge in [0, 0.05) is 51.9 Å². The molecule has 2 aliphatic rings. The van der Waals surface area contributed by atoms with Gasteiger partial charge in [0.1, 0.15) is 0 Å². The Bertz CT molecular complexity index is 395. The van der Waals surface area contributed by atoms with E-state index in [-0.39, 0.29) is 24.0 Å². The molecule has 0 radical (unpaired) electrons. The van der Waals surface area contributed by atoms with E-state index in [1.54, 1.807) is 0 Å². The van der Waals surface area contributed by atoms with Gasteiger partial charge in [0.25, 0.3) is 0 Å². The number of piperazine rings is 1. The highest BCUT2D eigenvalue weighted by Crippen LogP contribution is 2.13. The minimum Gasteiger partial charge on any atom is -0.379 e. The van der Waals surface area contributed by atoms with Crippen LogP contribution in [0, 0.1) is 5.92 Å². The lowest BCUT2D eigenvalue weighted by Crippen LogP contribution is -2.52. The Morgan fingerprint density at radius 3 is 2.38 bits per heavy atom. The van der Waals surface area contributed by atoms with Crippen molar-refractivity contribution in [1.82, 2.24) is 20.0 Å². The van der Waals surface area contributed by atoms with Crippen LogP contribution in [0.2, 0.25) is 0 Å². The number of nitrogens with two attached hydrogens (primary N) is 1. The molecule has 2 aliphatic heterocycles. The lowest BCUT2D eigenvalue weighted by molar-refractivity contribution is 0.0376. The van der Waals surface area contributed by atoms with Crippen molar-refractivity contribution in [3.63, 3.8) is 0 Å². The zero-order chi connectivity index (χ0) is 18.1. The second-order valence-corrected chi connectivity index (χ2v) is 7.61. The summed E-state index contributed by atoms with van der Waals surface area (Å²) in [5.74, 6) is 1.17. The quantitative estimate of drug-likeness (QED) is 0.227. The van der Waals surface area contributed by atoms with Crippen molar-refractivity contribution in [2.75, 3.05) is 79.2 Å². The van der Waals surface area contributed by atoms with E-state index < -0.39 is 0 Å². The number of hydrogen-bond donors (Lipinski definition) is 2. The van der Waals surface area contributed by atoms with Gasteiger partial charge in [0.15, 0.2) is 5.96 Å². The zero-order valence-electron chi connectivity index (χ0n) is 16.8.